The third-order valence-electron chi connectivity index (χ3n) is 0.940. The Hall–Kier alpha value is -1.00. The van der Waals surface area contributed by atoms with E-state index in [1.165, 1.54) is 0 Å². The molecule has 5 nitrogen and oxygen atoms in total. The van der Waals surface area contributed by atoms with Gasteiger partial charge in [-0.15, -0.1) is 9.79 Å². The topological polar surface area (TPSA) is 95.6 Å². The third-order valence-corrected chi connectivity index (χ3v) is 0.940. The molecule has 0 saturated carbocycles. The van der Waals surface area contributed by atoms with Crippen LogP contribution in [0.2, 0.25) is 0 Å². The van der Waals surface area contributed by atoms with Crippen LogP contribution in [0.5, 0.6) is 0 Å². The molecule has 1 aromatic rings. The van der Waals surface area contributed by atoms with Crippen molar-refractivity contribution in [2.75, 3.05) is 5.43 Å². The first kappa shape index (κ1) is 11.0. The number of hydrazine groups is 1. The number of para-hydroxylation sites is 1. The Bertz CT molecular complexity index is 225. The van der Waals surface area contributed by atoms with Gasteiger partial charge in [0.15, 0.2) is 0 Å². The lowest BCUT2D eigenvalue weighted by atomic mass is 10.3. The Morgan fingerprint density at radius 1 is 1.25 bits per heavy atom. The van der Waals surface area contributed by atoms with Gasteiger partial charge in [-0.3, -0.25) is 5.84 Å². The molecule has 0 fully saturated rings. The summed E-state index contributed by atoms with van der Waals surface area (Å²) in [5.74, 6) is 5.10. The molecule has 0 aromatic heterocycles. The standard InChI is InChI=1S/C6H8N2.HO3P/c7-8-6-4-2-1-3-5-6;1-4(2)3/h1-5,8H,7H2;(H-,1,2,3)/p+1. The second kappa shape index (κ2) is 6.69. The summed E-state index contributed by atoms with van der Waals surface area (Å²) in [5.41, 5.74) is 3.46. The van der Waals surface area contributed by atoms with Gasteiger partial charge in [-0.2, -0.15) is 0 Å². The lowest BCUT2D eigenvalue weighted by molar-refractivity contribution is 0.405. The Morgan fingerprint density at radius 3 is 1.92 bits per heavy atom. The average Bonchev–Trinajstić information content (AvgIpc) is 2.05. The van der Waals surface area contributed by atoms with Gasteiger partial charge in [-0.05, 0) is 12.1 Å². The number of benzene rings is 1. The predicted molar refractivity (Wildman–Crippen MR) is 46.3 cm³/mol. The van der Waals surface area contributed by atoms with Gasteiger partial charge >= 0.3 is 8.25 Å². The van der Waals surface area contributed by atoms with E-state index in [1.54, 1.807) is 0 Å². The Balaban J connectivity index is 0.000000261. The largest absolute Gasteiger partial charge is 0.692 e. The maximum absolute atomic E-state index is 8.70. The first-order valence-corrected chi connectivity index (χ1v) is 4.20. The summed E-state index contributed by atoms with van der Waals surface area (Å²) >= 11 is 0. The molecule has 0 aliphatic carbocycles. The summed E-state index contributed by atoms with van der Waals surface area (Å²) in [5, 5.41) is 0. The Kier molecular flexibility index (Phi) is 6.14. The van der Waals surface area contributed by atoms with Crippen LogP contribution in [0.4, 0.5) is 5.69 Å². The monoisotopic (exact) mass is 189 g/mol. The fraction of sp³-hybridized carbons (Fsp3) is 0. The van der Waals surface area contributed by atoms with E-state index in [1.807, 2.05) is 30.3 Å². The van der Waals surface area contributed by atoms with Crippen LogP contribution in [0, 0.1) is 0 Å². The van der Waals surface area contributed by atoms with E-state index >= 15 is 0 Å². The molecule has 0 radical (unpaired) electrons. The van der Waals surface area contributed by atoms with Crippen LogP contribution in [-0.4, -0.2) is 9.79 Å². The number of hydrogen-bond acceptors (Lipinski definition) is 3. The summed E-state index contributed by atoms with van der Waals surface area (Å²) in [6.45, 7) is 0. The minimum absolute atomic E-state index is 0.938. The molecule has 0 heterocycles. The summed E-state index contributed by atoms with van der Waals surface area (Å²) in [6.07, 6.45) is 0. The van der Waals surface area contributed by atoms with Crippen molar-refractivity contribution in [2.24, 2.45) is 5.84 Å². The maximum atomic E-state index is 8.70. The second-order valence-corrected chi connectivity index (χ2v) is 2.27. The zero-order valence-corrected chi connectivity index (χ0v) is 7.11. The van der Waals surface area contributed by atoms with Gasteiger partial charge in [-0.1, -0.05) is 18.2 Å². The van der Waals surface area contributed by atoms with Crippen LogP contribution in [0.25, 0.3) is 0 Å². The van der Waals surface area contributed by atoms with E-state index in [2.05, 4.69) is 5.43 Å². The van der Waals surface area contributed by atoms with Gasteiger partial charge < -0.3 is 5.43 Å². The lowest BCUT2D eigenvalue weighted by Gasteiger charge is -1.94. The molecule has 0 aliphatic rings. The number of hydrogen-bond donors (Lipinski definition) is 4. The predicted octanol–water partition coefficient (Wildman–Crippen LogP) is 0.601. The molecule has 6 heteroatoms. The van der Waals surface area contributed by atoms with E-state index in [4.69, 9.17) is 20.2 Å². The van der Waals surface area contributed by atoms with Gasteiger partial charge in [0.1, 0.15) is 0 Å². The highest BCUT2D eigenvalue weighted by atomic mass is 31.1. The van der Waals surface area contributed by atoms with Crippen molar-refractivity contribution in [3.05, 3.63) is 30.3 Å². The van der Waals surface area contributed by atoms with Crippen molar-refractivity contribution in [1.82, 2.24) is 0 Å². The van der Waals surface area contributed by atoms with Crippen LogP contribution in [0.1, 0.15) is 0 Å². The van der Waals surface area contributed by atoms with E-state index in [-0.39, 0.29) is 0 Å². The number of nitrogen functional groups attached to an aromatic ring is 1. The lowest BCUT2D eigenvalue weighted by Crippen LogP contribution is -2.05. The highest BCUT2D eigenvalue weighted by molar-refractivity contribution is 7.30. The van der Waals surface area contributed by atoms with E-state index < -0.39 is 8.25 Å². The average molecular weight is 189 g/mol. The summed E-state index contributed by atoms with van der Waals surface area (Å²) in [7, 11) is -2.87. The van der Waals surface area contributed by atoms with Crippen molar-refractivity contribution >= 4 is 13.9 Å². The SMILES string of the molecule is NNc1ccccc1.O=[P+](O)O. The molecular formula is C6H10N2O3P+. The van der Waals surface area contributed by atoms with Crippen LogP contribution in [0.3, 0.4) is 0 Å². The molecule has 0 atom stereocenters. The van der Waals surface area contributed by atoms with Crippen LogP contribution in [-0.2, 0) is 4.57 Å². The summed E-state index contributed by atoms with van der Waals surface area (Å²) < 4.78 is 8.70. The first-order chi connectivity index (χ1) is 5.66. The Labute approximate surface area is 70.8 Å². The Morgan fingerprint density at radius 2 is 1.67 bits per heavy atom. The molecule has 0 spiro atoms. The van der Waals surface area contributed by atoms with Crippen molar-refractivity contribution in [3.63, 3.8) is 0 Å². The molecule has 0 unspecified atom stereocenters. The molecule has 66 valence electrons. The molecule has 0 saturated heterocycles. The van der Waals surface area contributed by atoms with Crippen molar-refractivity contribution in [1.29, 1.82) is 0 Å². The quantitative estimate of drug-likeness (QED) is 0.295. The van der Waals surface area contributed by atoms with Crippen LogP contribution >= 0.6 is 8.25 Å². The van der Waals surface area contributed by atoms with Gasteiger partial charge in [0.05, 0.1) is 0 Å². The molecule has 12 heavy (non-hydrogen) atoms. The molecule has 5 N–H and O–H groups in total. The minimum atomic E-state index is -2.87. The van der Waals surface area contributed by atoms with Crippen LogP contribution in [0.15, 0.2) is 30.3 Å². The van der Waals surface area contributed by atoms with Crippen molar-refractivity contribution in [3.8, 4) is 0 Å². The van der Waals surface area contributed by atoms with Crippen molar-refractivity contribution < 1.29 is 14.4 Å². The van der Waals surface area contributed by atoms with E-state index in [0.29, 0.717) is 0 Å². The maximum Gasteiger partial charge on any atom is 0.692 e. The molecular weight excluding hydrogens is 179 g/mol. The van der Waals surface area contributed by atoms with Gasteiger partial charge in [0.25, 0.3) is 0 Å². The molecule has 0 aliphatic heterocycles. The number of nitrogens with two attached hydrogens (primary N) is 1. The third kappa shape index (κ3) is 7.11. The highest BCUT2D eigenvalue weighted by Gasteiger charge is 1.93. The van der Waals surface area contributed by atoms with Gasteiger partial charge in [0, 0.05) is 10.3 Å². The zero-order valence-electron chi connectivity index (χ0n) is 6.21. The summed E-state index contributed by atoms with van der Waals surface area (Å²) in [6, 6.07) is 9.60. The highest BCUT2D eigenvalue weighted by Crippen LogP contribution is 2.00. The fourth-order valence-corrected chi connectivity index (χ4v) is 0.534. The van der Waals surface area contributed by atoms with Crippen molar-refractivity contribution in [2.45, 2.75) is 0 Å². The molecule has 0 amide bonds. The fourth-order valence-electron chi connectivity index (χ4n) is 0.534. The number of nitrogens with one attached hydrogen (secondary N) is 1. The molecule has 0 bridgehead atoms. The van der Waals surface area contributed by atoms with E-state index in [9.17, 15) is 0 Å². The minimum Gasteiger partial charge on any atom is -0.324 e. The number of anilines is 1. The smallest absolute Gasteiger partial charge is 0.324 e. The van der Waals surface area contributed by atoms with E-state index in [0.717, 1.165) is 5.69 Å². The summed E-state index contributed by atoms with van der Waals surface area (Å²) in [4.78, 5) is 14.2. The zero-order chi connectivity index (χ0) is 9.40. The molecule has 1 aromatic carbocycles. The molecule has 1 rings (SSSR count). The van der Waals surface area contributed by atoms with Gasteiger partial charge in [0.2, 0.25) is 0 Å². The normalized spacial score (nSPS) is 7.92. The van der Waals surface area contributed by atoms with Gasteiger partial charge in [-0.25, -0.2) is 0 Å². The second-order valence-electron chi connectivity index (χ2n) is 1.76. The number of rotatable bonds is 1. The van der Waals surface area contributed by atoms with Crippen LogP contribution < -0.4 is 11.3 Å². The first-order valence-electron chi connectivity index (χ1n) is 3.03.